The summed E-state index contributed by atoms with van der Waals surface area (Å²) >= 11 is 0. The minimum atomic E-state index is -1.48. The first-order chi connectivity index (χ1) is 15.8. The van der Waals surface area contributed by atoms with Gasteiger partial charge < -0.3 is 25.5 Å². The number of nitrogens with zero attached hydrogens (tertiary/aromatic N) is 1. The van der Waals surface area contributed by atoms with Gasteiger partial charge in [-0.05, 0) is 63.2 Å². The lowest BCUT2D eigenvalue weighted by atomic mass is 9.48. The van der Waals surface area contributed by atoms with Crippen LogP contribution < -0.4 is 15.7 Å². The minimum Gasteiger partial charge on any atom is -0.545 e. The summed E-state index contributed by atoms with van der Waals surface area (Å²) in [5.74, 6) is 0.175. The molecule has 33 heavy (non-hydrogen) atoms. The molecule has 0 aromatic heterocycles. The van der Waals surface area contributed by atoms with Crippen molar-refractivity contribution in [3.8, 4) is 0 Å². The van der Waals surface area contributed by atoms with Crippen LogP contribution in [0.25, 0.3) is 0 Å². The predicted molar refractivity (Wildman–Crippen MR) is 123 cm³/mol. The number of carbonyl (C=O) groups is 1. The lowest BCUT2D eigenvalue weighted by Crippen LogP contribution is -3.18. The Kier molecular flexibility index (Phi) is 5.90. The second-order valence-corrected chi connectivity index (χ2v) is 11.7. The summed E-state index contributed by atoms with van der Waals surface area (Å²) in [6.45, 7) is 4.17. The first kappa shape index (κ1) is 23.3. The third-order valence-electron chi connectivity index (χ3n) is 10.3. The van der Waals surface area contributed by atoms with E-state index in [-0.39, 0.29) is 29.1 Å². The van der Waals surface area contributed by atoms with Crippen LogP contribution in [0.3, 0.4) is 0 Å². The molecule has 5 rings (SSSR count). The number of aliphatic hydroxyl groups is 1. The molecule has 0 aromatic carbocycles. The number of rotatable bonds is 4. The number of piperidine rings is 1. The molecule has 2 bridgehead atoms. The topological polar surface area (TPSA) is 112 Å². The van der Waals surface area contributed by atoms with E-state index < -0.39 is 11.6 Å². The molecular formula is C26H41N3O4. The third-order valence-corrected chi connectivity index (χ3v) is 10.3. The molecule has 1 unspecified atom stereocenters. The van der Waals surface area contributed by atoms with Gasteiger partial charge in [-0.2, -0.15) is 0 Å². The van der Waals surface area contributed by atoms with E-state index in [2.05, 4.69) is 11.9 Å². The molecule has 4 aliphatic carbocycles. The Hall–Kier alpha value is -1.44. The molecule has 4 N–H and O–H groups in total. The molecule has 5 aliphatic rings. The standard InChI is InChI=1S/C26H41N3O4/c1-17-9-10-18-13-20-21(22(30)31)25(32,16-33-19-7-4-3-5-8-19)14-26(17,20)24(18)11-6-12-29(15-24)23(27)28-2/h17-19,32H,3-16H2,1-2H3,(H2,27,28)(H,30,31)/t17-,18-,24-,25+,26+/m1/s1. The Morgan fingerprint density at radius 2 is 2.00 bits per heavy atom. The predicted octanol–water partition coefficient (Wildman–Crippen LogP) is 0.563. The van der Waals surface area contributed by atoms with Crippen LogP contribution in [-0.4, -0.2) is 55.5 Å². The molecular weight excluding hydrogens is 418 g/mol. The van der Waals surface area contributed by atoms with Crippen LogP contribution in [0.4, 0.5) is 0 Å². The van der Waals surface area contributed by atoms with Gasteiger partial charge in [-0.3, -0.25) is 4.90 Å². The summed E-state index contributed by atoms with van der Waals surface area (Å²) in [5.41, 5.74) is 5.57. The molecule has 6 atom stereocenters. The van der Waals surface area contributed by atoms with Crippen molar-refractivity contribution in [2.75, 3.05) is 26.7 Å². The Bertz CT molecular complexity index is 866. The van der Waals surface area contributed by atoms with Crippen molar-refractivity contribution >= 4 is 11.9 Å². The molecule has 7 nitrogen and oxygen atoms in total. The molecule has 4 fully saturated rings. The van der Waals surface area contributed by atoms with Gasteiger partial charge in [0.1, 0.15) is 5.60 Å². The molecule has 184 valence electrons. The molecule has 0 amide bonds. The van der Waals surface area contributed by atoms with Crippen LogP contribution in [0.15, 0.2) is 16.1 Å². The van der Waals surface area contributed by atoms with Crippen molar-refractivity contribution in [1.29, 1.82) is 0 Å². The summed E-state index contributed by atoms with van der Waals surface area (Å²) < 4.78 is 6.22. The van der Waals surface area contributed by atoms with Crippen LogP contribution >= 0.6 is 0 Å². The van der Waals surface area contributed by atoms with Gasteiger partial charge in [0.2, 0.25) is 0 Å². The number of aliphatic carboxylic acids is 1. The molecule has 1 aliphatic heterocycles. The number of guanidine groups is 1. The van der Waals surface area contributed by atoms with E-state index in [1.54, 1.807) is 7.05 Å². The summed E-state index contributed by atoms with van der Waals surface area (Å²) in [5, 5.41) is 24.5. The Balaban J connectivity index is 1.54. The van der Waals surface area contributed by atoms with E-state index in [1.165, 1.54) is 11.3 Å². The lowest BCUT2D eigenvalue weighted by Gasteiger charge is -2.57. The average Bonchev–Trinajstić information content (AvgIpc) is 3.15. The fraction of sp³-hybridized carbons (Fsp3) is 0.846. The number of hydrogen-bond donors (Lipinski definition) is 3. The number of ether oxygens (including phenoxy) is 1. The van der Waals surface area contributed by atoms with Gasteiger partial charge in [0.25, 0.3) is 5.96 Å². The van der Waals surface area contributed by atoms with Crippen LogP contribution in [-0.2, 0) is 9.53 Å². The first-order valence-electron chi connectivity index (χ1n) is 13.1. The lowest BCUT2D eigenvalue weighted by molar-refractivity contribution is -0.826. The number of allylic oxidation sites excluding steroid dienone is 1. The van der Waals surface area contributed by atoms with Crippen LogP contribution in [0.5, 0.6) is 0 Å². The van der Waals surface area contributed by atoms with Crippen molar-refractivity contribution in [2.24, 2.45) is 33.4 Å². The van der Waals surface area contributed by atoms with Crippen LogP contribution in [0.2, 0.25) is 0 Å². The Labute approximate surface area is 197 Å². The highest BCUT2D eigenvalue weighted by Gasteiger charge is 2.73. The third kappa shape index (κ3) is 3.33. The largest absolute Gasteiger partial charge is 0.545 e. The average molecular weight is 460 g/mol. The number of aliphatic imine (C=N–C) groups is 1. The number of hydrogen-bond acceptors (Lipinski definition) is 5. The summed E-state index contributed by atoms with van der Waals surface area (Å²) in [6.07, 6.45) is 11.1. The highest BCUT2D eigenvalue weighted by atomic mass is 16.5. The SMILES string of the molecule is CN=C(N)[NH+]1CCC[C@@]2(C1)[C@@H]1CC[C@@H](C)[C@]23C[C@](O)(COC2CCCCC2)C(C(=O)[O-])=C3C1. The van der Waals surface area contributed by atoms with Crippen molar-refractivity contribution in [1.82, 2.24) is 0 Å². The number of likely N-dealkylation sites (tertiary alicyclic amines) is 1. The molecule has 0 aromatic rings. The normalized spacial score (nSPS) is 43.8. The zero-order valence-corrected chi connectivity index (χ0v) is 20.3. The summed E-state index contributed by atoms with van der Waals surface area (Å²) in [6, 6.07) is 0. The number of carbonyl (C=O) groups excluding carboxylic acids is 1. The smallest absolute Gasteiger partial charge is 0.293 e. The van der Waals surface area contributed by atoms with E-state index in [9.17, 15) is 15.0 Å². The van der Waals surface area contributed by atoms with E-state index in [0.29, 0.717) is 24.2 Å². The molecule has 2 spiro atoms. The maximum absolute atomic E-state index is 12.6. The second-order valence-electron chi connectivity index (χ2n) is 11.7. The molecule has 3 saturated carbocycles. The fourth-order valence-corrected chi connectivity index (χ4v) is 8.97. The zero-order chi connectivity index (χ0) is 23.4. The number of nitrogens with two attached hydrogens (primary N) is 1. The minimum absolute atomic E-state index is 0.0566. The second kappa shape index (κ2) is 8.35. The van der Waals surface area contributed by atoms with Crippen LogP contribution in [0, 0.1) is 22.7 Å². The molecule has 0 radical (unpaired) electrons. The van der Waals surface area contributed by atoms with Crippen LogP contribution in [0.1, 0.15) is 77.6 Å². The maximum Gasteiger partial charge on any atom is 0.293 e. The number of carboxylic acid groups (broad SMARTS) is 1. The van der Waals surface area contributed by atoms with E-state index >= 15 is 0 Å². The highest BCUT2D eigenvalue weighted by molar-refractivity contribution is 5.90. The van der Waals surface area contributed by atoms with Gasteiger partial charge in [-0.1, -0.05) is 31.8 Å². The van der Waals surface area contributed by atoms with Crippen molar-refractivity contribution < 1.29 is 24.6 Å². The number of quaternary nitrogens is 1. The number of nitrogens with one attached hydrogen (secondary N) is 1. The quantitative estimate of drug-likeness (QED) is 0.420. The molecule has 1 saturated heterocycles. The van der Waals surface area contributed by atoms with Crippen molar-refractivity contribution in [3.05, 3.63) is 11.1 Å². The highest BCUT2D eigenvalue weighted by Crippen LogP contribution is 2.75. The molecule has 1 heterocycles. The fourth-order valence-electron chi connectivity index (χ4n) is 8.97. The van der Waals surface area contributed by atoms with Gasteiger partial charge in [0, 0.05) is 23.5 Å². The monoisotopic (exact) mass is 459 g/mol. The van der Waals surface area contributed by atoms with Crippen molar-refractivity contribution in [2.45, 2.75) is 89.3 Å². The zero-order valence-electron chi connectivity index (χ0n) is 20.3. The van der Waals surface area contributed by atoms with E-state index in [1.807, 2.05) is 0 Å². The Morgan fingerprint density at radius 1 is 1.24 bits per heavy atom. The molecule has 7 heteroatoms. The first-order valence-corrected chi connectivity index (χ1v) is 13.1. The van der Waals surface area contributed by atoms with Gasteiger partial charge in [-0.25, -0.2) is 4.99 Å². The Morgan fingerprint density at radius 3 is 2.70 bits per heavy atom. The maximum atomic E-state index is 12.6. The van der Waals surface area contributed by atoms with Gasteiger partial charge in [0.15, 0.2) is 0 Å². The van der Waals surface area contributed by atoms with E-state index in [0.717, 1.165) is 76.5 Å². The number of carboxylic acids is 1. The summed E-state index contributed by atoms with van der Waals surface area (Å²) in [7, 11) is 1.75. The van der Waals surface area contributed by atoms with Gasteiger partial charge >= 0.3 is 0 Å². The summed E-state index contributed by atoms with van der Waals surface area (Å²) in [4.78, 5) is 18.1. The van der Waals surface area contributed by atoms with Gasteiger partial charge in [-0.15, -0.1) is 0 Å². The van der Waals surface area contributed by atoms with Gasteiger partial charge in [0.05, 0.1) is 31.8 Å². The van der Waals surface area contributed by atoms with Crippen molar-refractivity contribution in [3.63, 3.8) is 0 Å². The van der Waals surface area contributed by atoms with E-state index in [4.69, 9.17) is 10.5 Å².